The molecule has 3 N–H and O–H groups in total. The Morgan fingerprint density at radius 1 is 1.35 bits per heavy atom. The molecule has 1 atom stereocenters. The number of carbonyl (C=O) groups excluding carboxylic acids is 1. The van der Waals surface area contributed by atoms with Gasteiger partial charge in [-0.15, -0.1) is 0 Å². The van der Waals surface area contributed by atoms with Crippen molar-refractivity contribution in [3.8, 4) is 0 Å². The summed E-state index contributed by atoms with van der Waals surface area (Å²) in [6.45, 7) is 2.71. The van der Waals surface area contributed by atoms with Crippen LogP contribution in [0.4, 0.5) is 13.2 Å². The standard InChI is InChI=1S/C10H19F3N2O2/c1-9(2,3)7(14)8(17)15(4-5-16)6-10(11,12)13/h7,16H,4-6,14H2,1-3H3/t7-/m1/s1. The van der Waals surface area contributed by atoms with Gasteiger partial charge in [-0.05, 0) is 5.41 Å². The summed E-state index contributed by atoms with van der Waals surface area (Å²) in [5.74, 6) is -0.802. The summed E-state index contributed by atoms with van der Waals surface area (Å²) in [5.41, 5.74) is 4.98. The number of nitrogens with zero attached hydrogens (tertiary/aromatic N) is 1. The molecule has 0 aliphatic carbocycles. The van der Waals surface area contributed by atoms with Crippen molar-refractivity contribution < 1.29 is 23.1 Å². The third kappa shape index (κ3) is 5.88. The maximum absolute atomic E-state index is 12.2. The molecule has 0 bridgehead atoms. The van der Waals surface area contributed by atoms with Gasteiger partial charge in [-0.25, -0.2) is 0 Å². The molecule has 0 aromatic heterocycles. The quantitative estimate of drug-likeness (QED) is 0.779. The maximum Gasteiger partial charge on any atom is 0.406 e. The Morgan fingerprint density at radius 2 is 1.82 bits per heavy atom. The molecule has 0 aliphatic rings. The predicted molar refractivity (Wildman–Crippen MR) is 57.2 cm³/mol. The average molecular weight is 256 g/mol. The molecule has 0 saturated heterocycles. The largest absolute Gasteiger partial charge is 0.406 e. The van der Waals surface area contributed by atoms with Gasteiger partial charge in [-0.2, -0.15) is 13.2 Å². The van der Waals surface area contributed by atoms with E-state index in [0.717, 1.165) is 0 Å². The smallest absolute Gasteiger partial charge is 0.395 e. The van der Waals surface area contributed by atoms with Crippen LogP contribution >= 0.6 is 0 Å². The first-order valence-corrected chi connectivity index (χ1v) is 5.21. The summed E-state index contributed by atoms with van der Waals surface area (Å²) >= 11 is 0. The third-order valence-corrected chi connectivity index (χ3v) is 2.25. The van der Waals surface area contributed by atoms with Crippen molar-refractivity contribution in [2.75, 3.05) is 19.7 Å². The highest BCUT2D eigenvalue weighted by molar-refractivity contribution is 5.82. The van der Waals surface area contributed by atoms with Gasteiger partial charge in [-0.3, -0.25) is 4.79 Å². The second-order valence-corrected chi connectivity index (χ2v) is 4.94. The lowest BCUT2D eigenvalue weighted by molar-refractivity contribution is -0.164. The van der Waals surface area contributed by atoms with Gasteiger partial charge in [0.2, 0.25) is 5.91 Å². The maximum atomic E-state index is 12.2. The third-order valence-electron chi connectivity index (χ3n) is 2.25. The van der Waals surface area contributed by atoms with Gasteiger partial charge in [0.15, 0.2) is 0 Å². The van der Waals surface area contributed by atoms with Crippen LogP contribution in [-0.4, -0.2) is 47.8 Å². The molecule has 0 heterocycles. The number of hydrogen-bond acceptors (Lipinski definition) is 3. The zero-order valence-corrected chi connectivity index (χ0v) is 10.2. The molecule has 0 aromatic carbocycles. The predicted octanol–water partition coefficient (Wildman–Crippen LogP) is 0.743. The van der Waals surface area contributed by atoms with Crippen molar-refractivity contribution >= 4 is 5.91 Å². The summed E-state index contributed by atoms with van der Waals surface area (Å²) in [6, 6.07) is -1.03. The lowest BCUT2D eigenvalue weighted by Gasteiger charge is -2.32. The molecular weight excluding hydrogens is 237 g/mol. The summed E-state index contributed by atoms with van der Waals surface area (Å²) in [5, 5.41) is 8.66. The highest BCUT2D eigenvalue weighted by atomic mass is 19.4. The van der Waals surface area contributed by atoms with Crippen LogP contribution < -0.4 is 5.73 Å². The first-order valence-electron chi connectivity index (χ1n) is 5.21. The fourth-order valence-electron chi connectivity index (χ4n) is 1.17. The minimum absolute atomic E-state index is 0.373. The molecule has 102 valence electrons. The number of alkyl halides is 3. The van der Waals surface area contributed by atoms with E-state index in [2.05, 4.69) is 0 Å². The van der Waals surface area contributed by atoms with E-state index in [1.807, 2.05) is 0 Å². The topological polar surface area (TPSA) is 66.6 Å². The van der Waals surface area contributed by atoms with Crippen LogP contribution in [0, 0.1) is 5.41 Å². The normalized spacial score (nSPS) is 14.6. The van der Waals surface area contributed by atoms with Gasteiger partial charge in [0, 0.05) is 6.54 Å². The van der Waals surface area contributed by atoms with E-state index >= 15 is 0 Å². The molecule has 0 aromatic rings. The van der Waals surface area contributed by atoms with Gasteiger partial charge in [-0.1, -0.05) is 20.8 Å². The van der Waals surface area contributed by atoms with Gasteiger partial charge in [0.1, 0.15) is 6.54 Å². The number of carbonyl (C=O) groups is 1. The highest BCUT2D eigenvalue weighted by Gasteiger charge is 2.37. The lowest BCUT2D eigenvalue weighted by atomic mass is 9.86. The van der Waals surface area contributed by atoms with Crippen LogP contribution in [0.15, 0.2) is 0 Å². The van der Waals surface area contributed by atoms with E-state index in [-0.39, 0.29) is 6.54 Å². The monoisotopic (exact) mass is 256 g/mol. The zero-order chi connectivity index (χ0) is 13.9. The first kappa shape index (κ1) is 16.2. The second kappa shape index (κ2) is 5.68. The van der Waals surface area contributed by atoms with Crippen molar-refractivity contribution in [1.29, 1.82) is 0 Å². The molecule has 1 amide bonds. The number of halogens is 3. The van der Waals surface area contributed by atoms with Crippen molar-refractivity contribution in [2.24, 2.45) is 11.1 Å². The summed E-state index contributed by atoms with van der Waals surface area (Å²) in [4.78, 5) is 12.3. The van der Waals surface area contributed by atoms with E-state index in [1.165, 1.54) is 0 Å². The number of rotatable bonds is 4. The van der Waals surface area contributed by atoms with Crippen LogP contribution in [-0.2, 0) is 4.79 Å². The Bertz CT molecular complexity index is 261. The molecule has 0 aliphatic heterocycles. The fraction of sp³-hybridized carbons (Fsp3) is 0.900. The van der Waals surface area contributed by atoms with Crippen molar-refractivity contribution in [3.63, 3.8) is 0 Å². The molecule has 4 nitrogen and oxygen atoms in total. The van der Waals surface area contributed by atoms with Gasteiger partial charge in [0.25, 0.3) is 0 Å². The summed E-state index contributed by atoms with van der Waals surface area (Å²) < 4.78 is 36.7. The molecule has 0 spiro atoms. The van der Waals surface area contributed by atoms with E-state index in [0.29, 0.717) is 4.90 Å². The van der Waals surface area contributed by atoms with Crippen molar-refractivity contribution in [1.82, 2.24) is 4.90 Å². The Labute approximate surface area is 98.6 Å². The van der Waals surface area contributed by atoms with Crippen molar-refractivity contribution in [3.05, 3.63) is 0 Å². The van der Waals surface area contributed by atoms with E-state index in [4.69, 9.17) is 10.8 Å². The van der Waals surface area contributed by atoms with Gasteiger partial charge < -0.3 is 15.7 Å². The molecule has 7 heteroatoms. The Kier molecular flexibility index (Phi) is 5.41. The SMILES string of the molecule is CC(C)(C)[C@H](N)C(=O)N(CCO)CC(F)(F)F. The minimum Gasteiger partial charge on any atom is -0.395 e. The number of nitrogens with two attached hydrogens (primary N) is 1. The van der Waals surface area contributed by atoms with Gasteiger partial charge in [0.05, 0.1) is 12.6 Å². The van der Waals surface area contributed by atoms with E-state index in [1.54, 1.807) is 20.8 Å². The second-order valence-electron chi connectivity index (χ2n) is 4.94. The van der Waals surface area contributed by atoms with E-state index < -0.39 is 36.7 Å². The summed E-state index contributed by atoms with van der Waals surface area (Å²) in [6.07, 6.45) is -4.50. The highest BCUT2D eigenvalue weighted by Crippen LogP contribution is 2.22. The van der Waals surface area contributed by atoms with Crippen LogP contribution in [0.5, 0.6) is 0 Å². The minimum atomic E-state index is -4.50. The molecule has 0 unspecified atom stereocenters. The molecule has 17 heavy (non-hydrogen) atoms. The molecule has 0 fully saturated rings. The Balaban J connectivity index is 4.77. The first-order chi connectivity index (χ1) is 7.49. The number of aliphatic hydroxyl groups is 1. The Hall–Kier alpha value is -0.820. The molecule has 0 radical (unpaired) electrons. The molecule has 0 saturated carbocycles. The zero-order valence-electron chi connectivity index (χ0n) is 10.2. The van der Waals surface area contributed by atoms with Crippen molar-refractivity contribution in [2.45, 2.75) is 33.0 Å². The van der Waals surface area contributed by atoms with E-state index in [9.17, 15) is 18.0 Å². The molecular formula is C10H19F3N2O2. The number of hydrogen-bond donors (Lipinski definition) is 2. The summed E-state index contributed by atoms with van der Waals surface area (Å²) in [7, 11) is 0. The van der Waals surface area contributed by atoms with Crippen LogP contribution in [0.2, 0.25) is 0 Å². The molecule has 0 rings (SSSR count). The lowest BCUT2D eigenvalue weighted by Crippen LogP contribution is -2.53. The van der Waals surface area contributed by atoms with Crippen LogP contribution in [0.25, 0.3) is 0 Å². The number of amides is 1. The fourth-order valence-corrected chi connectivity index (χ4v) is 1.17. The van der Waals surface area contributed by atoms with Crippen LogP contribution in [0.3, 0.4) is 0 Å². The Morgan fingerprint density at radius 3 is 2.12 bits per heavy atom. The average Bonchev–Trinajstić information content (AvgIpc) is 2.11. The van der Waals surface area contributed by atoms with Crippen LogP contribution in [0.1, 0.15) is 20.8 Å². The number of aliphatic hydroxyl groups excluding tert-OH is 1. The van der Waals surface area contributed by atoms with Gasteiger partial charge >= 0.3 is 6.18 Å².